The number of anilines is 1. The summed E-state index contributed by atoms with van der Waals surface area (Å²) in [5.41, 5.74) is 3.65. The van der Waals surface area contributed by atoms with Crippen LogP contribution >= 0.6 is 24.0 Å². The number of piperazine rings is 1. The van der Waals surface area contributed by atoms with E-state index in [1.54, 1.807) is 6.20 Å². The highest BCUT2D eigenvalue weighted by Gasteiger charge is 2.29. The van der Waals surface area contributed by atoms with Crippen LogP contribution in [0.1, 0.15) is 10.4 Å². The van der Waals surface area contributed by atoms with Gasteiger partial charge in [-0.3, -0.25) is 4.79 Å². The molecule has 1 saturated heterocycles. The largest absolute Gasteiger partial charge is 0.353 e. The Morgan fingerprint density at radius 2 is 1.66 bits per heavy atom. The Bertz CT molecular complexity index is 1230. The summed E-state index contributed by atoms with van der Waals surface area (Å²) in [7, 11) is 2.00. The predicted octanol–water partition coefficient (Wildman–Crippen LogP) is 5.28. The number of hydrogen-bond donors (Lipinski definition) is 0. The molecule has 4 aromatic rings. The molecule has 3 heterocycles. The number of amides is 1. The molecule has 0 aliphatic carbocycles. The van der Waals surface area contributed by atoms with Crippen LogP contribution in [0, 0.1) is 0 Å². The fourth-order valence-corrected chi connectivity index (χ4v) is 4.56. The van der Waals surface area contributed by atoms with Crippen molar-refractivity contribution in [3.05, 3.63) is 83.5 Å². The number of aromatic nitrogens is 2. The monoisotopic (exact) mass is 466 g/mol. The quantitative estimate of drug-likeness (QED) is 0.412. The highest BCUT2D eigenvalue weighted by molar-refractivity contribution is 6.31. The lowest BCUT2D eigenvalue weighted by Gasteiger charge is -2.35. The predicted molar refractivity (Wildman–Crippen MR) is 133 cm³/mol. The third kappa shape index (κ3) is 3.94. The van der Waals surface area contributed by atoms with Gasteiger partial charge in [0.1, 0.15) is 5.82 Å². The van der Waals surface area contributed by atoms with Gasteiger partial charge in [-0.15, -0.1) is 12.4 Å². The van der Waals surface area contributed by atoms with Crippen LogP contribution in [0.4, 0.5) is 5.82 Å². The van der Waals surface area contributed by atoms with E-state index in [-0.39, 0.29) is 18.3 Å². The fourth-order valence-electron chi connectivity index (χ4n) is 4.40. The van der Waals surface area contributed by atoms with Gasteiger partial charge < -0.3 is 14.4 Å². The molecule has 1 amide bonds. The Hall–Kier alpha value is -3.02. The van der Waals surface area contributed by atoms with Crippen molar-refractivity contribution in [2.45, 2.75) is 0 Å². The number of halogens is 2. The maximum atomic E-state index is 13.8. The van der Waals surface area contributed by atoms with Gasteiger partial charge in [0.05, 0.1) is 16.8 Å². The molecule has 0 atom stereocenters. The molecule has 2 aromatic heterocycles. The maximum absolute atomic E-state index is 13.8. The highest BCUT2D eigenvalue weighted by atomic mass is 35.5. The van der Waals surface area contributed by atoms with Gasteiger partial charge in [0.25, 0.3) is 5.91 Å². The molecule has 164 valence electrons. The van der Waals surface area contributed by atoms with Crippen LogP contribution < -0.4 is 4.90 Å². The molecule has 32 heavy (non-hydrogen) atoms. The van der Waals surface area contributed by atoms with Gasteiger partial charge in [-0.05, 0) is 29.8 Å². The Balaban J connectivity index is 0.00000245. The first-order valence-electron chi connectivity index (χ1n) is 10.4. The number of nitrogens with zero attached hydrogens (tertiary/aromatic N) is 4. The molecule has 7 heteroatoms. The van der Waals surface area contributed by atoms with E-state index in [1.807, 2.05) is 78.7 Å². The molecule has 1 aliphatic heterocycles. The number of benzene rings is 2. The fraction of sp³-hybridized carbons (Fsp3) is 0.200. The van der Waals surface area contributed by atoms with Crippen molar-refractivity contribution in [1.82, 2.24) is 14.5 Å². The number of rotatable bonds is 3. The molecule has 0 unspecified atom stereocenters. The van der Waals surface area contributed by atoms with Crippen molar-refractivity contribution >= 4 is 46.6 Å². The second kappa shape index (κ2) is 9.23. The number of carbonyl (C=O) groups is 1. The summed E-state index contributed by atoms with van der Waals surface area (Å²) in [5.74, 6) is 1.02. The first kappa shape index (κ1) is 22.2. The summed E-state index contributed by atoms with van der Waals surface area (Å²) in [4.78, 5) is 22.4. The molecule has 0 saturated carbocycles. The van der Waals surface area contributed by atoms with Gasteiger partial charge in [0.2, 0.25) is 0 Å². The van der Waals surface area contributed by atoms with Gasteiger partial charge in [-0.2, -0.15) is 0 Å². The van der Waals surface area contributed by atoms with E-state index in [1.165, 1.54) is 0 Å². The normalized spacial score (nSPS) is 13.8. The van der Waals surface area contributed by atoms with E-state index in [9.17, 15) is 4.79 Å². The van der Waals surface area contributed by atoms with E-state index < -0.39 is 0 Å². The molecule has 0 spiro atoms. The molecule has 1 aliphatic rings. The minimum Gasteiger partial charge on any atom is -0.353 e. The number of hydrogen-bond acceptors (Lipinski definition) is 3. The number of aryl methyl sites for hydroxylation is 1. The van der Waals surface area contributed by atoms with E-state index in [4.69, 9.17) is 11.6 Å². The van der Waals surface area contributed by atoms with Crippen molar-refractivity contribution in [2.75, 3.05) is 31.1 Å². The van der Waals surface area contributed by atoms with Gasteiger partial charge >= 0.3 is 0 Å². The molecule has 0 radical (unpaired) electrons. The smallest absolute Gasteiger partial charge is 0.256 e. The summed E-state index contributed by atoms with van der Waals surface area (Å²) in [6.07, 6.45) is 1.81. The van der Waals surface area contributed by atoms with E-state index in [2.05, 4.69) is 14.5 Å². The van der Waals surface area contributed by atoms with Crippen molar-refractivity contribution in [3.63, 3.8) is 0 Å². The Morgan fingerprint density at radius 1 is 0.938 bits per heavy atom. The molecule has 2 aromatic carbocycles. The van der Waals surface area contributed by atoms with Crippen LogP contribution in [0.15, 0.2) is 72.9 Å². The third-order valence-corrected chi connectivity index (χ3v) is 6.20. The Labute approximate surface area is 198 Å². The highest BCUT2D eigenvalue weighted by Crippen LogP contribution is 2.35. The molecule has 5 nitrogen and oxygen atoms in total. The maximum Gasteiger partial charge on any atom is 0.256 e. The lowest BCUT2D eigenvalue weighted by molar-refractivity contribution is 0.0749. The van der Waals surface area contributed by atoms with Crippen LogP contribution in [0.2, 0.25) is 5.02 Å². The van der Waals surface area contributed by atoms with Crippen molar-refractivity contribution in [3.8, 4) is 11.3 Å². The molecule has 5 rings (SSSR count). The average Bonchev–Trinajstić information content (AvgIpc) is 3.11. The van der Waals surface area contributed by atoms with Crippen molar-refractivity contribution < 1.29 is 4.79 Å². The van der Waals surface area contributed by atoms with Crippen molar-refractivity contribution in [2.24, 2.45) is 7.05 Å². The first-order valence-corrected chi connectivity index (χ1v) is 10.8. The minimum atomic E-state index is 0. The van der Waals surface area contributed by atoms with Gasteiger partial charge in [0.15, 0.2) is 0 Å². The SMILES string of the molecule is Cl.Cn1c(-c2ccccc2)c(C(=O)N2CCN(c3ccccn3)CC2)c2ccc(Cl)cc21. The van der Waals surface area contributed by atoms with Crippen LogP contribution in [0.5, 0.6) is 0 Å². The van der Waals surface area contributed by atoms with Crippen molar-refractivity contribution in [1.29, 1.82) is 0 Å². The summed E-state index contributed by atoms with van der Waals surface area (Å²) in [6.45, 7) is 2.85. The summed E-state index contributed by atoms with van der Waals surface area (Å²) in [6, 6.07) is 21.8. The number of pyridine rings is 1. The molecular weight excluding hydrogens is 443 g/mol. The van der Waals surface area contributed by atoms with E-state index >= 15 is 0 Å². The van der Waals surface area contributed by atoms with Crippen LogP contribution in [0.25, 0.3) is 22.2 Å². The first-order chi connectivity index (χ1) is 15.1. The number of fused-ring (bicyclic) bond motifs is 1. The van der Waals surface area contributed by atoms with Crippen LogP contribution in [-0.2, 0) is 7.05 Å². The topological polar surface area (TPSA) is 41.4 Å². The second-order valence-electron chi connectivity index (χ2n) is 7.78. The van der Waals surface area contributed by atoms with Gasteiger partial charge in [-0.1, -0.05) is 54.1 Å². The lowest BCUT2D eigenvalue weighted by atomic mass is 10.0. The van der Waals surface area contributed by atoms with Gasteiger partial charge in [0, 0.05) is 49.8 Å². The summed E-state index contributed by atoms with van der Waals surface area (Å²) < 4.78 is 2.08. The molecular formula is C25H24Cl2N4O. The van der Waals surface area contributed by atoms with Gasteiger partial charge in [-0.25, -0.2) is 4.98 Å². The molecule has 0 N–H and O–H groups in total. The molecule has 1 fully saturated rings. The second-order valence-corrected chi connectivity index (χ2v) is 8.21. The number of carbonyl (C=O) groups excluding carboxylic acids is 1. The summed E-state index contributed by atoms with van der Waals surface area (Å²) in [5, 5.41) is 1.60. The van der Waals surface area contributed by atoms with E-state index in [0.29, 0.717) is 18.1 Å². The zero-order chi connectivity index (χ0) is 21.4. The van der Waals surface area contributed by atoms with Crippen LogP contribution in [0.3, 0.4) is 0 Å². The lowest BCUT2D eigenvalue weighted by Crippen LogP contribution is -2.49. The zero-order valence-electron chi connectivity index (χ0n) is 17.7. The minimum absolute atomic E-state index is 0. The standard InChI is InChI=1S/C25H23ClN4O.ClH/c1-28-21-17-19(26)10-11-20(21)23(24(28)18-7-3-2-4-8-18)25(31)30-15-13-29(14-16-30)22-9-5-6-12-27-22;/h2-12,17H,13-16H2,1H3;1H. The molecule has 0 bridgehead atoms. The third-order valence-electron chi connectivity index (χ3n) is 5.96. The Kier molecular flexibility index (Phi) is 6.40. The van der Waals surface area contributed by atoms with Crippen LogP contribution in [-0.4, -0.2) is 46.5 Å². The Morgan fingerprint density at radius 3 is 2.34 bits per heavy atom. The average molecular weight is 467 g/mol. The van der Waals surface area contributed by atoms with E-state index in [0.717, 1.165) is 46.6 Å². The zero-order valence-corrected chi connectivity index (χ0v) is 19.3. The summed E-state index contributed by atoms with van der Waals surface area (Å²) >= 11 is 6.28.